The van der Waals surface area contributed by atoms with Crippen LogP contribution < -0.4 is 10.2 Å². The number of benzene rings is 1. The fourth-order valence-electron chi connectivity index (χ4n) is 2.53. The molecule has 0 saturated carbocycles. The second-order valence-electron chi connectivity index (χ2n) is 4.85. The molecule has 2 atom stereocenters. The van der Waals surface area contributed by atoms with Crippen molar-refractivity contribution in [3.8, 4) is 0 Å². The average Bonchev–Trinajstić information content (AvgIpc) is 2.64. The summed E-state index contributed by atoms with van der Waals surface area (Å²) >= 11 is 0. The minimum absolute atomic E-state index is 0.0219. The Kier molecular flexibility index (Phi) is 3.48. The molecule has 1 aromatic carbocycles. The zero-order chi connectivity index (χ0) is 12.4. The fraction of sp³-hybridized carbons (Fsp3) is 0.500. The van der Waals surface area contributed by atoms with E-state index in [1.807, 2.05) is 37.1 Å². The quantitative estimate of drug-likeness (QED) is 0.862. The maximum absolute atomic E-state index is 12.4. The molecule has 0 aliphatic carbocycles. The number of carbonyl (C=O) groups excluding carboxylic acids is 1. The number of hydrogen-bond acceptors (Lipinski definition) is 2. The standard InChI is InChI=1S/C14H20N2O/c1-10(9-15-3)14(17)16-11(2)8-12-6-4-5-7-13(12)16/h4-7,10-11,15H,8-9H2,1-3H3. The molecule has 0 saturated heterocycles. The van der Waals surface area contributed by atoms with Crippen LogP contribution in [0.5, 0.6) is 0 Å². The van der Waals surface area contributed by atoms with Crippen LogP contribution in [0.25, 0.3) is 0 Å². The number of para-hydroxylation sites is 1. The van der Waals surface area contributed by atoms with Gasteiger partial charge in [-0.15, -0.1) is 0 Å². The van der Waals surface area contributed by atoms with Gasteiger partial charge in [-0.3, -0.25) is 4.79 Å². The number of hydrogen-bond donors (Lipinski definition) is 1. The number of fused-ring (bicyclic) bond motifs is 1. The van der Waals surface area contributed by atoms with E-state index < -0.39 is 0 Å². The van der Waals surface area contributed by atoms with E-state index in [9.17, 15) is 4.79 Å². The van der Waals surface area contributed by atoms with E-state index in [-0.39, 0.29) is 17.9 Å². The smallest absolute Gasteiger partial charge is 0.231 e. The van der Waals surface area contributed by atoms with Crippen LogP contribution in [-0.2, 0) is 11.2 Å². The molecule has 2 unspecified atom stereocenters. The molecular weight excluding hydrogens is 212 g/mol. The second kappa shape index (κ2) is 4.88. The van der Waals surface area contributed by atoms with Gasteiger partial charge in [0.05, 0.1) is 0 Å². The zero-order valence-electron chi connectivity index (χ0n) is 10.7. The van der Waals surface area contributed by atoms with E-state index in [1.54, 1.807) is 0 Å². The molecule has 3 nitrogen and oxygen atoms in total. The maximum Gasteiger partial charge on any atom is 0.231 e. The predicted octanol–water partition coefficient (Wildman–Crippen LogP) is 1.82. The lowest BCUT2D eigenvalue weighted by Gasteiger charge is -2.26. The summed E-state index contributed by atoms with van der Waals surface area (Å²) in [4.78, 5) is 14.4. The van der Waals surface area contributed by atoms with Crippen molar-refractivity contribution in [1.29, 1.82) is 0 Å². The van der Waals surface area contributed by atoms with Crippen LogP contribution >= 0.6 is 0 Å². The molecule has 17 heavy (non-hydrogen) atoms. The zero-order valence-corrected chi connectivity index (χ0v) is 10.7. The lowest BCUT2D eigenvalue weighted by molar-refractivity contribution is -0.122. The van der Waals surface area contributed by atoms with Crippen LogP contribution in [0.1, 0.15) is 19.4 Å². The molecule has 1 heterocycles. The lowest BCUT2D eigenvalue weighted by atomic mass is 10.1. The minimum atomic E-state index is 0.0219. The van der Waals surface area contributed by atoms with Gasteiger partial charge in [0.15, 0.2) is 0 Å². The highest BCUT2D eigenvalue weighted by molar-refractivity contribution is 5.97. The van der Waals surface area contributed by atoms with Crippen molar-refractivity contribution in [2.75, 3.05) is 18.5 Å². The number of nitrogens with one attached hydrogen (secondary N) is 1. The molecule has 0 aromatic heterocycles. The first-order valence-corrected chi connectivity index (χ1v) is 6.20. The van der Waals surface area contributed by atoms with Crippen molar-refractivity contribution < 1.29 is 4.79 Å². The normalized spacial score (nSPS) is 20.2. The van der Waals surface area contributed by atoms with Crippen LogP contribution in [0.4, 0.5) is 5.69 Å². The van der Waals surface area contributed by atoms with E-state index >= 15 is 0 Å². The van der Waals surface area contributed by atoms with Gasteiger partial charge in [-0.05, 0) is 32.0 Å². The molecular formula is C14H20N2O. The van der Waals surface area contributed by atoms with Crippen LogP contribution in [-0.4, -0.2) is 25.5 Å². The third-order valence-corrected chi connectivity index (χ3v) is 3.38. The van der Waals surface area contributed by atoms with Gasteiger partial charge in [0.2, 0.25) is 5.91 Å². The van der Waals surface area contributed by atoms with E-state index in [0.717, 1.165) is 18.7 Å². The Hall–Kier alpha value is -1.35. The molecule has 92 valence electrons. The summed E-state index contributed by atoms with van der Waals surface area (Å²) in [6.45, 7) is 4.82. The number of anilines is 1. The van der Waals surface area contributed by atoms with Crippen molar-refractivity contribution in [3.63, 3.8) is 0 Å². The molecule has 1 aromatic rings. The maximum atomic E-state index is 12.4. The largest absolute Gasteiger partial charge is 0.319 e. The number of nitrogens with zero attached hydrogens (tertiary/aromatic N) is 1. The summed E-state index contributed by atoms with van der Waals surface area (Å²) in [5, 5.41) is 3.06. The molecule has 0 fully saturated rings. The SMILES string of the molecule is CNCC(C)C(=O)N1c2ccccc2CC1C. The van der Waals surface area contributed by atoms with E-state index in [0.29, 0.717) is 0 Å². The third kappa shape index (κ3) is 2.20. The lowest BCUT2D eigenvalue weighted by Crippen LogP contribution is -2.41. The van der Waals surface area contributed by atoms with Gasteiger partial charge in [0, 0.05) is 24.2 Å². The number of amides is 1. The van der Waals surface area contributed by atoms with Crippen LogP contribution in [0.15, 0.2) is 24.3 Å². The van der Waals surface area contributed by atoms with Crippen molar-refractivity contribution in [3.05, 3.63) is 29.8 Å². The van der Waals surface area contributed by atoms with Crippen molar-refractivity contribution >= 4 is 11.6 Å². The van der Waals surface area contributed by atoms with E-state index in [4.69, 9.17) is 0 Å². The third-order valence-electron chi connectivity index (χ3n) is 3.38. The monoisotopic (exact) mass is 232 g/mol. The van der Waals surface area contributed by atoms with Crippen LogP contribution in [0, 0.1) is 5.92 Å². The first kappa shape index (κ1) is 12.1. The molecule has 1 aliphatic heterocycles. The Morgan fingerprint density at radius 2 is 2.24 bits per heavy atom. The molecule has 1 amide bonds. The summed E-state index contributed by atoms with van der Waals surface area (Å²) in [6, 6.07) is 8.47. The minimum Gasteiger partial charge on any atom is -0.319 e. The van der Waals surface area contributed by atoms with Gasteiger partial charge in [-0.2, -0.15) is 0 Å². The predicted molar refractivity (Wildman–Crippen MR) is 70.2 cm³/mol. The number of carbonyl (C=O) groups is 1. The van der Waals surface area contributed by atoms with Crippen molar-refractivity contribution in [2.24, 2.45) is 5.92 Å². The first-order valence-electron chi connectivity index (χ1n) is 6.20. The molecule has 0 bridgehead atoms. The highest BCUT2D eigenvalue weighted by atomic mass is 16.2. The van der Waals surface area contributed by atoms with E-state index in [1.165, 1.54) is 5.56 Å². The van der Waals surface area contributed by atoms with Gasteiger partial charge in [0.25, 0.3) is 0 Å². The summed E-state index contributed by atoms with van der Waals surface area (Å²) < 4.78 is 0. The fourth-order valence-corrected chi connectivity index (χ4v) is 2.53. The summed E-state index contributed by atoms with van der Waals surface area (Å²) in [5.74, 6) is 0.241. The highest BCUT2D eigenvalue weighted by Gasteiger charge is 2.32. The van der Waals surface area contributed by atoms with Gasteiger partial charge < -0.3 is 10.2 Å². The van der Waals surface area contributed by atoms with Crippen molar-refractivity contribution in [2.45, 2.75) is 26.3 Å². The molecule has 0 spiro atoms. The Balaban J connectivity index is 2.24. The van der Waals surface area contributed by atoms with Gasteiger partial charge in [-0.1, -0.05) is 25.1 Å². The first-order chi connectivity index (χ1) is 8.15. The van der Waals surface area contributed by atoms with Gasteiger partial charge in [-0.25, -0.2) is 0 Å². The summed E-state index contributed by atoms with van der Waals surface area (Å²) in [7, 11) is 1.88. The van der Waals surface area contributed by atoms with Gasteiger partial charge in [0.1, 0.15) is 0 Å². The Morgan fingerprint density at radius 1 is 1.53 bits per heavy atom. The molecule has 3 heteroatoms. The molecule has 0 radical (unpaired) electrons. The molecule has 1 N–H and O–H groups in total. The summed E-state index contributed by atoms with van der Waals surface area (Å²) in [5.41, 5.74) is 2.37. The Morgan fingerprint density at radius 3 is 2.94 bits per heavy atom. The molecule has 1 aliphatic rings. The van der Waals surface area contributed by atoms with E-state index in [2.05, 4.69) is 18.3 Å². The molecule has 2 rings (SSSR count). The Bertz CT molecular complexity index is 416. The van der Waals surface area contributed by atoms with Gasteiger partial charge >= 0.3 is 0 Å². The number of rotatable bonds is 3. The average molecular weight is 232 g/mol. The second-order valence-corrected chi connectivity index (χ2v) is 4.85. The Labute approximate surface area is 103 Å². The summed E-state index contributed by atoms with van der Waals surface area (Å²) in [6.07, 6.45) is 0.966. The van der Waals surface area contributed by atoms with Crippen LogP contribution in [0.3, 0.4) is 0 Å². The topological polar surface area (TPSA) is 32.3 Å². The highest BCUT2D eigenvalue weighted by Crippen LogP contribution is 2.32. The van der Waals surface area contributed by atoms with Crippen LogP contribution in [0.2, 0.25) is 0 Å². The van der Waals surface area contributed by atoms with Crippen molar-refractivity contribution in [1.82, 2.24) is 5.32 Å².